The summed E-state index contributed by atoms with van der Waals surface area (Å²) in [6, 6.07) is 0.138. The molecule has 1 aliphatic heterocycles. The average Bonchev–Trinajstić information content (AvgIpc) is 3.22. The molecule has 3 heterocycles. The Kier molecular flexibility index (Phi) is 6.26. The summed E-state index contributed by atoms with van der Waals surface area (Å²) in [7, 11) is 0. The van der Waals surface area contributed by atoms with Gasteiger partial charge in [0, 0.05) is 32.1 Å². The van der Waals surface area contributed by atoms with Gasteiger partial charge in [-0.25, -0.2) is 9.97 Å². The van der Waals surface area contributed by atoms with Crippen LogP contribution in [0.1, 0.15) is 54.8 Å². The van der Waals surface area contributed by atoms with E-state index in [0.717, 1.165) is 60.5 Å². The molecule has 2 amide bonds. The van der Waals surface area contributed by atoms with Gasteiger partial charge in [0.1, 0.15) is 17.0 Å². The minimum absolute atomic E-state index is 0.0525. The van der Waals surface area contributed by atoms with Crippen LogP contribution in [0.25, 0.3) is 10.2 Å². The summed E-state index contributed by atoms with van der Waals surface area (Å²) in [5.41, 5.74) is 0.911. The average molecular weight is 390 g/mol. The van der Waals surface area contributed by atoms with Crippen LogP contribution in [0.2, 0.25) is 0 Å². The predicted octanol–water partition coefficient (Wildman–Crippen LogP) is 2.95. The Balaban J connectivity index is 1.68. The molecular formula is C19H27N5O2S. The molecule has 8 heteroatoms. The minimum atomic E-state index is -0.0525. The summed E-state index contributed by atoms with van der Waals surface area (Å²) >= 11 is 1.40. The lowest BCUT2D eigenvalue weighted by Crippen LogP contribution is -2.31. The lowest BCUT2D eigenvalue weighted by molar-refractivity contribution is -0.127. The van der Waals surface area contributed by atoms with Crippen molar-refractivity contribution in [2.45, 2.75) is 52.5 Å². The Bertz CT molecular complexity index is 835. The first-order valence-corrected chi connectivity index (χ1v) is 10.4. The van der Waals surface area contributed by atoms with Gasteiger partial charge in [0.25, 0.3) is 5.91 Å². The number of aryl methyl sites for hydroxylation is 1. The van der Waals surface area contributed by atoms with Crippen LogP contribution in [0.3, 0.4) is 0 Å². The predicted molar refractivity (Wildman–Crippen MR) is 108 cm³/mol. The quantitative estimate of drug-likeness (QED) is 0.678. The van der Waals surface area contributed by atoms with Gasteiger partial charge in [0.05, 0.1) is 10.3 Å². The second-order valence-corrected chi connectivity index (χ2v) is 8.01. The van der Waals surface area contributed by atoms with Crippen molar-refractivity contribution in [3.8, 4) is 0 Å². The Morgan fingerprint density at radius 2 is 2.22 bits per heavy atom. The monoisotopic (exact) mass is 389 g/mol. The Hall–Kier alpha value is -2.22. The lowest BCUT2D eigenvalue weighted by Gasteiger charge is -2.15. The smallest absolute Gasteiger partial charge is 0.261 e. The number of nitrogens with one attached hydrogen (secondary N) is 2. The molecule has 0 aliphatic carbocycles. The zero-order valence-electron chi connectivity index (χ0n) is 16.2. The molecule has 0 aromatic carbocycles. The van der Waals surface area contributed by atoms with Crippen molar-refractivity contribution in [1.29, 1.82) is 0 Å². The highest BCUT2D eigenvalue weighted by molar-refractivity contribution is 7.20. The van der Waals surface area contributed by atoms with E-state index in [2.05, 4.69) is 20.6 Å². The topological polar surface area (TPSA) is 87.2 Å². The number of hydrogen-bond donors (Lipinski definition) is 2. The SMILES string of the molecule is CCC(C)NC(=O)c1sc2ncnc(NCCCN3CCCC3=O)c2c1C. The normalized spacial score (nSPS) is 15.4. The van der Waals surface area contributed by atoms with Crippen LogP contribution in [-0.4, -0.2) is 52.4 Å². The first-order chi connectivity index (χ1) is 13.0. The molecule has 7 nitrogen and oxygen atoms in total. The summed E-state index contributed by atoms with van der Waals surface area (Å²) in [5.74, 6) is 0.956. The molecule has 1 atom stereocenters. The molecule has 2 aromatic heterocycles. The largest absolute Gasteiger partial charge is 0.369 e. The third kappa shape index (κ3) is 4.37. The summed E-state index contributed by atoms with van der Waals surface area (Å²) in [6.45, 7) is 8.35. The summed E-state index contributed by atoms with van der Waals surface area (Å²) < 4.78 is 0. The van der Waals surface area contributed by atoms with Crippen molar-refractivity contribution in [3.05, 3.63) is 16.8 Å². The Morgan fingerprint density at radius 3 is 2.93 bits per heavy atom. The fourth-order valence-electron chi connectivity index (χ4n) is 3.23. The molecular weight excluding hydrogens is 362 g/mol. The number of carbonyl (C=O) groups excluding carboxylic acids is 2. The third-order valence-corrected chi connectivity index (χ3v) is 6.19. The number of anilines is 1. The molecule has 1 aliphatic rings. The van der Waals surface area contributed by atoms with Gasteiger partial charge in [0.2, 0.25) is 5.91 Å². The highest BCUT2D eigenvalue weighted by Crippen LogP contribution is 2.33. The van der Waals surface area contributed by atoms with E-state index in [4.69, 9.17) is 0 Å². The van der Waals surface area contributed by atoms with E-state index in [1.165, 1.54) is 17.7 Å². The number of hydrogen-bond acceptors (Lipinski definition) is 6. The maximum absolute atomic E-state index is 12.5. The van der Waals surface area contributed by atoms with Crippen LogP contribution in [0.5, 0.6) is 0 Å². The number of fused-ring (bicyclic) bond motifs is 1. The second-order valence-electron chi connectivity index (χ2n) is 7.01. The number of carbonyl (C=O) groups is 2. The molecule has 27 heavy (non-hydrogen) atoms. The van der Waals surface area contributed by atoms with Gasteiger partial charge < -0.3 is 15.5 Å². The molecule has 2 aromatic rings. The zero-order chi connectivity index (χ0) is 19.4. The molecule has 1 unspecified atom stereocenters. The highest BCUT2D eigenvalue weighted by Gasteiger charge is 2.21. The van der Waals surface area contributed by atoms with Crippen LogP contribution >= 0.6 is 11.3 Å². The van der Waals surface area contributed by atoms with Crippen LogP contribution in [0.4, 0.5) is 5.82 Å². The lowest BCUT2D eigenvalue weighted by atomic mass is 10.2. The number of nitrogens with zero attached hydrogens (tertiary/aromatic N) is 3. The molecule has 0 bridgehead atoms. The Labute approximate surface area is 163 Å². The van der Waals surface area contributed by atoms with Gasteiger partial charge in [-0.15, -0.1) is 11.3 Å². The van der Waals surface area contributed by atoms with E-state index in [1.807, 2.05) is 25.7 Å². The van der Waals surface area contributed by atoms with Crippen molar-refractivity contribution in [1.82, 2.24) is 20.2 Å². The number of rotatable bonds is 8. The molecule has 3 rings (SSSR count). The number of amides is 2. The van der Waals surface area contributed by atoms with E-state index in [9.17, 15) is 9.59 Å². The molecule has 1 fully saturated rings. The van der Waals surface area contributed by atoms with Crippen molar-refractivity contribution in [2.75, 3.05) is 25.0 Å². The highest BCUT2D eigenvalue weighted by atomic mass is 32.1. The van der Waals surface area contributed by atoms with Crippen LogP contribution < -0.4 is 10.6 Å². The van der Waals surface area contributed by atoms with E-state index in [1.54, 1.807) is 0 Å². The summed E-state index contributed by atoms with van der Waals surface area (Å²) in [4.78, 5) is 36.4. The van der Waals surface area contributed by atoms with E-state index in [-0.39, 0.29) is 17.9 Å². The fraction of sp³-hybridized carbons (Fsp3) is 0.579. The van der Waals surface area contributed by atoms with Crippen LogP contribution in [-0.2, 0) is 4.79 Å². The number of aromatic nitrogens is 2. The summed E-state index contributed by atoms with van der Waals surface area (Å²) in [6.07, 6.45) is 4.93. The van der Waals surface area contributed by atoms with Gasteiger partial charge >= 0.3 is 0 Å². The minimum Gasteiger partial charge on any atom is -0.369 e. The Morgan fingerprint density at radius 1 is 1.41 bits per heavy atom. The zero-order valence-corrected chi connectivity index (χ0v) is 17.0. The first-order valence-electron chi connectivity index (χ1n) is 9.57. The number of likely N-dealkylation sites (tertiary alicyclic amines) is 1. The number of thiophene rings is 1. The summed E-state index contributed by atoms with van der Waals surface area (Å²) in [5, 5.41) is 7.29. The fourth-order valence-corrected chi connectivity index (χ4v) is 4.28. The van der Waals surface area contributed by atoms with Crippen molar-refractivity contribution < 1.29 is 9.59 Å². The van der Waals surface area contributed by atoms with E-state index in [0.29, 0.717) is 11.3 Å². The van der Waals surface area contributed by atoms with Gasteiger partial charge in [0.15, 0.2) is 0 Å². The molecule has 146 valence electrons. The second kappa shape index (κ2) is 8.65. The van der Waals surface area contributed by atoms with Crippen molar-refractivity contribution >= 4 is 39.2 Å². The van der Waals surface area contributed by atoms with Crippen LogP contribution in [0, 0.1) is 6.92 Å². The van der Waals surface area contributed by atoms with Crippen molar-refractivity contribution in [3.63, 3.8) is 0 Å². The molecule has 0 saturated carbocycles. The van der Waals surface area contributed by atoms with Gasteiger partial charge in [-0.1, -0.05) is 6.92 Å². The molecule has 0 spiro atoms. The maximum Gasteiger partial charge on any atom is 0.261 e. The third-order valence-electron chi connectivity index (χ3n) is 4.99. The van der Waals surface area contributed by atoms with Gasteiger partial charge in [-0.2, -0.15) is 0 Å². The van der Waals surface area contributed by atoms with E-state index < -0.39 is 0 Å². The molecule has 2 N–H and O–H groups in total. The first kappa shape index (κ1) is 19.5. The van der Waals surface area contributed by atoms with Crippen LogP contribution in [0.15, 0.2) is 6.33 Å². The standard InChI is InChI=1S/C19H27N5O2S/c1-4-12(2)23-18(26)16-13(3)15-17(21-11-22-19(15)27-16)20-8-6-10-24-9-5-7-14(24)25/h11-12H,4-10H2,1-3H3,(H,23,26)(H,20,21,22). The molecule has 0 radical (unpaired) electrons. The van der Waals surface area contributed by atoms with Crippen molar-refractivity contribution in [2.24, 2.45) is 0 Å². The van der Waals surface area contributed by atoms with E-state index >= 15 is 0 Å². The van der Waals surface area contributed by atoms with Gasteiger partial charge in [-0.3, -0.25) is 9.59 Å². The molecule has 1 saturated heterocycles. The van der Waals surface area contributed by atoms with Gasteiger partial charge in [-0.05, 0) is 38.7 Å². The maximum atomic E-state index is 12.5.